The normalized spacial score (nSPS) is 15.6. The van der Waals surface area contributed by atoms with Crippen molar-refractivity contribution in [3.63, 3.8) is 0 Å². The average Bonchev–Trinajstić information content (AvgIpc) is 3.29. The van der Waals surface area contributed by atoms with E-state index in [0.717, 1.165) is 17.4 Å². The molecule has 162 valence electrons. The lowest BCUT2D eigenvalue weighted by molar-refractivity contribution is -0.385. The fourth-order valence-electron chi connectivity index (χ4n) is 3.50. The smallest absolute Gasteiger partial charge is 0.270 e. The predicted molar refractivity (Wildman–Crippen MR) is 110 cm³/mol. The summed E-state index contributed by atoms with van der Waals surface area (Å²) < 4.78 is 38.1. The molecular formula is C20H20N4O6S. The quantitative estimate of drug-likeness (QED) is 0.419. The lowest BCUT2D eigenvalue weighted by Crippen LogP contribution is -2.38. The van der Waals surface area contributed by atoms with E-state index in [1.807, 2.05) is 12.1 Å². The van der Waals surface area contributed by atoms with E-state index in [1.54, 1.807) is 19.2 Å². The number of methoxy groups -OCH3 is 1. The first kappa shape index (κ1) is 20.9. The molecule has 0 unspecified atom stereocenters. The number of ether oxygens (including phenoxy) is 1. The van der Waals surface area contributed by atoms with Crippen LogP contribution in [0.25, 0.3) is 11.5 Å². The first-order valence-corrected chi connectivity index (χ1v) is 11.0. The third kappa shape index (κ3) is 4.28. The van der Waals surface area contributed by atoms with Gasteiger partial charge in [-0.15, -0.1) is 10.2 Å². The second kappa shape index (κ2) is 8.44. The van der Waals surface area contributed by atoms with Gasteiger partial charge in [0.05, 0.1) is 16.9 Å². The van der Waals surface area contributed by atoms with Crippen molar-refractivity contribution in [2.45, 2.75) is 23.7 Å². The highest BCUT2D eigenvalue weighted by Crippen LogP contribution is 2.32. The lowest BCUT2D eigenvalue weighted by atomic mass is 9.98. The third-order valence-electron chi connectivity index (χ3n) is 5.25. The zero-order valence-corrected chi connectivity index (χ0v) is 17.5. The highest BCUT2D eigenvalue weighted by Gasteiger charge is 2.32. The van der Waals surface area contributed by atoms with Crippen molar-refractivity contribution in [1.29, 1.82) is 0 Å². The maximum Gasteiger partial charge on any atom is 0.270 e. The van der Waals surface area contributed by atoms with E-state index in [0.29, 0.717) is 24.6 Å². The molecule has 0 bridgehead atoms. The standard InChI is InChI=1S/C20H20N4O6S/c1-29-17-7-5-14(6-8-17)19-21-22-20(30-19)15-9-11-23(12-10-15)31(27,28)18-4-2-3-16(13-18)24(25)26/h2-8,13,15H,9-12H2,1H3. The van der Waals surface area contributed by atoms with Gasteiger partial charge in [-0.3, -0.25) is 10.1 Å². The fraction of sp³-hybridized carbons (Fsp3) is 0.300. The first-order chi connectivity index (χ1) is 14.9. The van der Waals surface area contributed by atoms with Gasteiger partial charge >= 0.3 is 0 Å². The van der Waals surface area contributed by atoms with Gasteiger partial charge in [-0.2, -0.15) is 4.31 Å². The van der Waals surface area contributed by atoms with E-state index in [2.05, 4.69) is 10.2 Å². The van der Waals surface area contributed by atoms with Gasteiger partial charge in [0.1, 0.15) is 5.75 Å². The minimum atomic E-state index is -3.82. The fourth-order valence-corrected chi connectivity index (χ4v) is 5.01. The number of nitro benzene ring substituents is 1. The molecule has 0 saturated carbocycles. The van der Waals surface area contributed by atoms with E-state index in [4.69, 9.17) is 9.15 Å². The van der Waals surface area contributed by atoms with Crippen LogP contribution >= 0.6 is 0 Å². The molecule has 2 aromatic carbocycles. The molecule has 1 fully saturated rings. The number of nitro groups is 1. The summed E-state index contributed by atoms with van der Waals surface area (Å²) in [5.41, 5.74) is 0.512. The minimum absolute atomic E-state index is 0.0592. The van der Waals surface area contributed by atoms with Crippen molar-refractivity contribution in [2.75, 3.05) is 20.2 Å². The van der Waals surface area contributed by atoms with Gasteiger partial charge in [-0.05, 0) is 43.2 Å². The molecular weight excluding hydrogens is 424 g/mol. The Bertz CT molecular complexity index is 1180. The van der Waals surface area contributed by atoms with Crippen molar-refractivity contribution in [2.24, 2.45) is 0 Å². The Kier molecular flexibility index (Phi) is 5.70. The van der Waals surface area contributed by atoms with Gasteiger partial charge in [0, 0.05) is 36.7 Å². The average molecular weight is 444 g/mol. The van der Waals surface area contributed by atoms with Crippen LogP contribution in [0, 0.1) is 10.1 Å². The van der Waals surface area contributed by atoms with Crippen LogP contribution in [0.4, 0.5) is 5.69 Å². The van der Waals surface area contributed by atoms with Crippen LogP contribution in [-0.2, 0) is 10.0 Å². The van der Waals surface area contributed by atoms with Crippen molar-refractivity contribution >= 4 is 15.7 Å². The van der Waals surface area contributed by atoms with Crippen molar-refractivity contribution < 1.29 is 22.5 Å². The van der Waals surface area contributed by atoms with Crippen LogP contribution in [0.3, 0.4) is 0 Å². The number of nitrogens with zero attached hydrogens (tertiary/aromatic N) is 4. The van der Waals surface area contributed by atoms with E-state index in [9.17, 15) is 18.5 Å². The van der Waals surface area contributed by atoms with Crippen LogP contribution in [0.1, 0.15) is 24.7 Å². The molecule has 1 aromatic heterocycles. The van der Waals surface area contributed by atoms with E-state index in [1.165, 1.54) is 22.5 Å². The Labute approximate surface area is 178 Å². The Morgan fingerprint density at radius 1 is 1.13 bits per heavy atom. The number of rotatable bonds is 6. The molecule has 0 spiro atoms. The van der Waals surface area contributed by atoms with E-state index >= 15 is 0 Å². The van der Waals surface area contributed by atoms with E-state index < -0.39 is 14.9 Å². The largest absolute Gasteiger partial charge is 0.497 e. The summed E-state index contributed by atoms with van der Waals surface area (Å²) >= 11 is 0. The Morgan fingerprint density at radius 3 is 2.48 bits per heavy atom. The van der Waals surface area contributed by atoms with Gasteiger partial charge in [-0.25, -0.2) is 8.42 Å². The zero-order valence-electron chi connectivity index (χ0n) is 16.7. The summed E-state index contributed by atoms with van der Waals surface area (Å²) in [5, 5.41) is 19.2. The van der Waals surface area contributed by atoms with Crippen molar-refractivity contribution in [3.8, 4) is 17.2 Å². The molecule has 3 aromatic rings. The lowest BCUT2D eigenvalue weighted by Gasteiger charge is -2.29. The summed E-state index contributed by atoms with van der Waals surface area (Å²) in [7, 11) is -2.23. The number of non-ortho nitro benzene ring substituents is 1. The highest BCUT2D eigenvalue weighted by atomic mass is 32.2. The Hall–Kier alpha value is -3.31. The molecule has 31 heavy (non-hydrogen) atoms. The van der Waals surface area contributed by atoms with Crippen molar-refractivity contribution in [1.82, 2.24) is 14.5 Å². The molecule has 0 atom stereocenters. The molecule has 1 saturated heterocycles. The Morgan fingerprint density at radius 2 is 1.84 bits per heavy atom. The predicted octanol–water partition coefficient (Wildman–Crippen LogP) is 3.22. The van der Waals surface area contributed by atoms with Crippen molar-refractivity contribution in [3.05, 3.63) is 64.5 Å². The highest BCUT2D eigenvalue weighted by molar-refractivity contribution is 7.89. The summed E-state index contributed by atoms with van der Waals surface area (Å²) in [4.78, 5) is 10.3. The molecule has 0 aliphatic carbocycles. The second-order valence-corrected chi connectivity index (χ2v) is 9.04. The molecule has 1 aliphatic heterocycles. The van der Waals surface area contributed by atoms with Crippen LogP contribution < -0.4 is 4.74 Å². The van der Waals surface area contributed by atoms with Gasteiger partial charge < -0.3 is 9.15 Å². The van der Waals surface area contributed by atoms with Gasteiger partial charge in [0.15, 0.2) is 0 Å². The summed E-state index contributed by atoms with van der Waals surface area (Å²) in [6.45, 7) is 0.520. The molecule has 0 radical (unpaired) electrons. The molecule has 1 aliphatic rings. The molecule has 0 amide bonds. The maximum atomic E-state index is 12.9. The van der Waals surface area contributed by atoms with Crippen LogP contribution in [0.2, 0.25) is 0 Å². The summed E-state index contributed by atoms with van der Waals surface area (Å²) in [6, 6.07) is 12.3. The van der Waals surface area contributed by atoms with Gasteiger partial charge in [0.25, 0.3) is 5.69 Å². The van der Waals surface area contributed by atoms with Crippen LogP contribution in [0.15, 0.2) is 57.8 Å². The molecule has 4 rings (SSSR count). The summed E-state index contributed by atoms with van der Waals surface area (Å²) in [5.74, 6) is 1.53. The third-order valence-corrected chi connectivity index (χ3v) is 7.14. The summed E-state index contributed by atoms with van der Waals surface area (Å²) in [6.07, 6.45) is 1.02. The SMILES string of the molecule is COc1ccc(-c2nnc(C3CCN(S(=O)(=O)c4cccc([N+](=O)[O-])c4)CC3)o2)cc1. The maximum absolute atomic E-state index is 12.9. The molecule has 0 N–H and O–H groups in total. The second-order valence-electron chi connectivity index (χ2n) is 7.11. The van der Waals surface area contributed by atoms with Crippen LogP contribution in [-0.4, -0.2) is 48.0 Å². The van der Waals surface area contributed by atoms with E-state index in [-0.39, 0.29) is 29.6 Å². The monoisotopic (exact) mass is 444 g/mol. The molecule has 2 heterocycles. The number of sulfonamides is 1. The number of piperidine rings is 1. The number of benzene rings is 2. The number of hydrogen-bond donors (Lipinski definition) is 0. The number of aromatic nitrogens is 2. The minimum Gasteiger partial charge on any atom is -0.497 e. The number of hydrogen-bond acceptors (Lipinski definition) is 8. The molecule has 10 nitrogen and oxygen atoms in total. The topological polar surface area (TPSA) is 129 Å². The van der Waals surface area contributed by atoms with Gasteiger partial charge in [-0.1, -0.05) is 6.07 Å². The molecule has 11 heteroatoms. The van der Waals surface area contributed by atoms with Gasteiger partial charge in [0.2, 0.25) is 21.8 Å². The van der Waals surface area contributed by atoms with Crippen LogP contribution in [0.5, 0.6) is 5.75 Å². The zero-order chi connectivity index (χ0) is 22.0. The first-order valence-electron chi connectivity index (χ1n) is 9.61. The Balaban J connectivity index is 1.44.